The van der Waals surface area contributed by atoms with E-state index in [2.05, 4.69) is 41.2 Å². The van der Waals surface area contributed by atoms with Crippen molar-refractivity contribution in [3.05, 3.63) is 35.5 Å². The highest BCUT2D eigenvalue weighted by molar-refractivity contribution is 5.89. The first-order chi connectivity index (χ1) is 15.0. The van der Waals surface area contributed by atoms with E-state index in [1.807, 2.05) is 31.2 Å². The van der Waals surface area contributed by atoms with E-state index >= 15 is 0 Å². The molecule has 0 bridgehead atoms. The van der Waals surface area contributed by atoms with Gasteiger partial charge in [-0.25, -0.2) is 14.8 Å². The molecule has 1 aromatic carbocycles. The van der Waals surface area contributed by atoms with Crippen LogP contribution in [-0.2, 0) is 17.8 Å². The summed E-state index contributed by atoms with van der Waals surface area (Å²) in [6, 6.07) is 8.22. The summed E-state index contributed by atoms with van der Waals surface area (Å²) < 4.78 is 5.65. The van der Waals surface area contributed by atoms with Gasteiger partial charge in [0.15, 0.2) is 5.82 Å². The predicted octanol–water partition coefficient (Wildman–Crippen LogP) is 3.23. The number of morpholine rings is 1. The van der Waals surface area contributed by atoms with Crippen molar-refractivity contribution >= 4 is 17.5 Å². The molecular weight excluding hydrogens is 392 g/mol. The Labute approximate surface area is 184 Å². The molecule has 166 valence electrons. The van der Waals surface area contributed by atoms with Crippen molar-refractivity contribution in [1.82, 2.24) is 20.2 Å². The van der Waals surface area contributed by atoms with Gasteiger partial charge in [0.05, 0.1) is 24.9 Å². The number of ether oxygens (including phenoxy) is 1. The summed E-state index contributed by atoms with van der Waals surface area (Å²) in [7, 11) is 0. The van der Waals surface area contributed by atoms with Crippen LogP contribution in [0.2, 0.25) is 0 Å². The SMILES string of the molecule is CCNC(=O)Nc1ccc(-c2nc3c(c(N4CCOC[C@@H]4C)n2)CN(C(C)C)C3)cc1. The largest absolute Gasteiger partial charge is 0.377 e. The first kappa shape index (κ1) is 21.5. The number of hydrogen-bond donors (Lipinski definition) is 2. The standard InChI is InChI=1S/C23H32N6O2/c1-5-24-23(30)25-18-8-6-17(7-9-18)21-26-20-13-28(15(2)3)12-19(20)22(27-21)29-10-11-31-14-16(29)4/h6-9,15-16H,5,10-14H2,1-4H3,(H2,24,25,30)/t16-/m0/s1. The van der Waals surface area contributed by atoms with Gasteiger partial charge in [0.1, 0.15) is 5.82 Å². The Morgan fingerprint density at radius 2 is 2.00 bits per heavy atom. The molecular formula is C23H32N6O2. The molecule has 0 unspecified atom stereocenters. The number of urea groups is 1. The van der Waals surface area contributed by atoms with E-state index in [9.17, 15) is 4.79 Å². The second-order valence-corrected chi connectivity index (χ2v) is 8.47. The van der Waals surface area contributed by atoms with Gasteiger partial charge in [0.25, 0.3) is 0 Å². The minimum Gasteiger partial charge on any atom is -0.377 e. The maximum absolute atomic E-state index is 11.8. The summed E-state index contributed by atoms with van der Waals surface area (Å²) in [4.78, 5) is 26.5. The minimum absolute atomic E-state index is 0.207. The van der Waals surface area contributed by atoms with Gasteiger partial charge in [0, 0.05) is 49.0 Å². The topological polar surface area (TPSA) is 82.6 Å². The van der Waals surface area contributed by atoms with Crippen LogP contribution in [0, 0.1) is 0 Å². The summed E-state index contributed by atoms with van der Waals surface area (Å²) in [5.41, 5.74) is 4.02. The Morgan fingerprint density at radius 3 is 2.68 bits per heavy atom. The van der Waals surface area contributed by atoms with E-state index in [1.165, 1.54) is 5.56 Å². The first-order valence-electron chi connectivity index (χ1n) is 11.1. The van der Waals surface area contributed by atoms with Crippen molar-refractivity contribution in [2.45, 2.75) is 52.9 Å². The first-order valence-corrected chi connectivity index (χ1v) is 11.1. The molecule has 1 fully saturated rings. The molecule has 1 atom stereocenters. The highest BCUT2D eigenvalue weighted by atomic mass is 16.5. The third-order valence-electron chi connectivity index (χ3n) is 5.89. The van der Waals surface area contributed by atoms with Crippen molar-refractivity contribution in [3.8, 4) is 11.4 Å². The molecule has 8 heteroatoms. The van der Waals surface area contributed by atoms with E-state index in [0.29, 0.717) is 25.8 Å². The van der Waals surface area contributed by atoms with E-state index in [4.69, 9.17) is 14.7 Å². The number of rotatable bonds is 5. The average molecular weight is 425 g/mol. The summed E-state index contributed by atoms with van der Waals surface area (Å²) in [5.74, 6) is 1.76. The van der Waals surface area contributed by atoms with Crippen molar-refractivity contribution in [2.24, 2.45) is 0 Å². The number of hydrogen-bond acceptors (Lipinski definition) is 6. The Hall–Kier alpha value is -2.71. The average Bonchev–Trinajstić information content (AvgIpc) is 3.19. The summed E-state index contributed by atoms with van der Waals surface area (Å²) in [6.45, 7) is 13.1. The van der Waals surface area contributed by atoms with Crippen LogP contribution in [0.1, 0.15) is 39.0 Å². The zero-order chi connectivity index (χ0) is 22.0. The van der Waals surface area contributed by atoms with E-state index in [1.54, 1.807) is 0 Å². The molecule has 31 heavy (non-hydrogen) atoms. The quantitative estimate of drug-likeness (QED) is 0.767. The van der Waals surface area contributed by atoms with Crippen LogP contribution in [-0.4, -0.2) is 59.3 Å². The Balaban J connectivity index is 1.66. The lowest BCUT2D eigenvalue weighted by Crippen LogP contribution is -2.44. The number of nitrogens with zero attached hydrogens (tertiary/aromatic N) is 4. The summed E-state index contributed by atoms with van der Waals surface area (Å²) in [6.07, 6.45) is 0. The predicted molar refractivity (Wildman–Crippen MR) is 122 cm³/mol. The van der Waals surface area contributed by atoms with E-state index < -0.39 is 0 Å². The number of aromatic nitrogens is 2. The Morgan fingerprint density at radius 1 is 1.23 bits per heavy atom. The lowest BCUT2D eigenvalue weighted by Gasteiger charge is -2.35. The molecule has 2 aromatic rings. The van der Waals surface area contributed by atoms with Gasteiger partial charge in [-0.2, -0.15) is 0 Å². The zero-order valence-electron chi connectivity index (χ0n) is 18.8. The van der Waals surface area contributed by atoms with Crippen LogP contribution in [0.4, 0.5) is 16.3 Å². The maximum atomic E-state index is 11.8. The van der Waals surface area contributed by atoms with Gasteiger partial charge in [-0.1, -0.05) is 0 Å². The molecule has 4 rings (SSSR count). The normalized spacial score (nSPS) is 18.9. The number of benzene rings is 1. The molecule has 2 aliphatic heterocycles. The van der Waals surface area contributed by atoms with Crippen LogP contribution in [0.5, 0.6) is 0 Å². The Bertz CT molecular complexity index is 930. The Kier molecular flexibility index (Phi) is 6.38. The molecule has 0 saturated carbocycles. The highest BCUT2D eigenvalue weighted by Gasteiger charge is 2.31. The third-order valence-corrected chi connectivity index (χ3v) is 5.89. The van der Waals surface area contributed by atoms with Gasteiger partial charge in [0.2, 0.25) is 0 Å². The van der Waals surface area contributed by atoms with Gasteiger partial charge in [-0.05, 0) is 52.0 Å². The fourth-order valence-corrected chi connectivity index (χ4v) is 4.07. The lowest BCUT2D eigenvalue weighted by molar-refractivity contribution is 0.0984. The fraction of sp³-hybridized carbons (Fsp3) is 0.522. The molecule has 1 aromatic heterocycles. The fourth-order valence-electron chi connectivity index (χ4n) is 4.07. The smallest absolute Gasteiger partial charge is 0.319 e. The highest BCUT2D eigenvalue weighted by Crippen LogP contribution is 2.34. The zero-order valence-corrected chi connectivity index (χ0v) is 18.8. The molecule has 2 N–H and O–H groups in total. The molecule has 8 nitrogen and oxygen atoms in total. The number of anilines is 2. The van der Waals surface area contributed by atoms with Crippen molar-refractivity contribution in [3.63, 3.8) is 0 Å². The summed E-state index contributed by atoms with van der Waals surface area (Å²) >= 11 is 0. The number of amides is 2. The molecule has 0 aliphatic carbocycles. The number of nitrogens with one attached hydrogen (secondary N) is 2. The van der Waals surface area contributed by atoms with Crippen LogP contribution in [0.15, 0.2) is 24.3 Å². The molecule has 3 heterocycles. The monoisotopic (exact) mass is 424 g/mol. The van der Waals surface area contributed by atoms with Gasteiger partial charge >= 0.3 is 6.03 Å². The number of carbonyl (C=O) groups is 1. The molecule has 0 radical (unpaired) electrons. The maximum Gasteiger partial charge on any atom is 0.319 e. The van der Waals surface area contributed by atoms with Gasteiger partial charge in [-0.3, -0.25) is 4.90 Å². The molecule has 0 spiro atoms. The summed E-state index contributed by atoms with van der Waals surface area (Å²) in [5, 5.41) is 5.57. The number of carbonyl (C=O) groups excluding carboxylic acids is 1. The second kappa shape index (κ2) is 9.20. The molecule has 2 amide bonds. The number of fused-ring (bicyclic) bond motifs is 1. The third kappa shape index (κ3) is 4.65. The lowest BCUT2D eigenvalue weighted by atomic mass is 10.1. The van der Waals surface area contributed by atoms with E-state index in [-0.39, 0.29) is 12.1 Å². The molecule has 1 saturated heterocycles. The van der Waals surface area contributed by atoms with Crippen LogP contribution >= 0.6 is 0 Å². The minimum atomic E-state index is -0.207. The van der Waals surface area contributed by atoms with Crippen LogP contribution < -0.4 is 15.5 Å². The van der Waals surface area contributed by atoms with Gasteiger partial charge in [-0.15, -0.1) is 0 Å². The van der Waals surface area contributed by atoms with Crippen LogP contribution in [0.25, 0.3) is 11.4 Å². The van der Waals surface area contributed by atoms with Crippen molar-refractivity contribution in [1.29, 1.82) is 0 Å². The van der Waals surface area contributed by atoms with Crippen molar-refractivity contribution < 1.29 is 9.53 Å². The van der Waals surface area contributed by atoms with Gasteiger partial charge < -0.3 is 20.3 Å². The second-order valence-electron chi connectivity index (χ2n) is 8.47. The van der Waals surface area contributed by atoms with Crippen molar-refractivity contribution in [2.75, 3.05) is 36.5 Å². The molecule has 2 aliphatic rings. The van der Waals surface area contributed by atoms with Crippen LogP contribution in [0.3, 0.4) is 0 Å². The van der Waals surface area contributed by atoms with E-state index in [0.717, 1.165) is 48.2 Å².